The summed E-state index contributed by atoms with van der Waals surface area (Å²) in [7, 11) is 0. The highest BCUT2D eigenvalue weighted by molar-refractivity contribution is 5.92. The predicted octanol–water partition coefficient (Wildman–Crippen LogP) is 1.32. The fourth-order valence-electron chi connectivity index (χ4n) is 2.69. The Hall–Kier alpha value is -3.88. The molecule has 2 rings (SSSR count). The van der Waals surface area contributed by atoms with Gasteiger partial charge in [0.05, 0.1) is 6.54 Å². The number of primary amides is 1. The molecule has 34 heavy (non-hydrogen) atoms. The second kappa shape index (κ2) is 14.3. The van der Waals surface area contributed by atoms with E-state index in [1.807, 2.05) is 18.2 Å². The zero-order chi connectivity index (χ0) is 25.6. The summed E-state index contributed by atoms with van der Waals surface area (Å²) < 4.78 is 0. The molecule has 0 radical (unpaired) electrons. The van der Waals surface area contributed by atoms with E-state index in [4.69, 9.17) is 5.73 Å². The fraction of sp³-hybridized carbons (Fsp3) is 0.360. The Morgan fingerprint density at radius 2 is 1.50 bits per heavy atom. The number of carbonyl (C=O) groups excluding carboxylic acids is 4. The van der Waals surface area contributed by atoms with Gasteiger partial charge in [0, 0.05) is 19.4 Å². The molecule has 2 aromatic carbocycles. The number of rotatable bonds is 10. The molecular formula is C25H34N4O5. The fourth-order valence-corrected chi connectivity index (χ4v) is 2.69. The van der Waals surface area contributed by atoms with E-state index >= 15 is 0 Å². The Morgan fingerprint density at radius 3 is 2.03 bits per heavy atom. The first kappa shape index (κ1) is 28.2. The van der Waals surface area contributed by atoms with Crippen LogP contribution in [0.3, 0.4) is 0 Å². The number of amides is 4. The highest BCUT2D eigenvalue weighted by Gasteiger charge is 2.29. The molecule has 184 valence electrons. The minimum absolute atomic E-state index is 0.0935. The average molecular weight is 471 g/mol. The molecule has 0 atom stereocenters. The van der Waals surface area contributed by atoms with Gasteiger partial charge in [-0.3, -0.25) is 19.2 Å². The molecule has 0 spiro atoms. The summed E-state index contributed by atoms with van der Waals surface area (Å²) in [4.78, 5) is 46.2. The molecule has 0 aliphatic heterocycles. The van der Waals surface area contributed by atoms with Crippen molar-refractivity contribution in [1.82, 2.24) is 16.0 Å². The van der Waals surface area contributed by atoms with Gasteiger partial charge in [-0.1, -0.05) is 48.0 Å². The monoisotopic (exact) mass is 470 g/mol. The van der Waals surface area contributed by atoms with Crippen LogP contribution in [-0.4, -0.2) is 47.4 Å². The van der Waals surface area contributed by atoms with Gasteiger partial charge >= 0.3 is 0 Å². The van der Waals surface area contributed by atoms with Gasteiger partial charge in [-0.2, -0.15) is 0 Å². The molecule has 0 fully saturated rings. The van der Waals surface area contributed by atoms with Crippen LogP contribution >= 0.6 is 0 Å². The molecule has 4 amide bonds. The van der Waals surface area contributed by atoms with E-state index in [1.54, 1.807) is 38.1 Å². The highest BCUT2D eigenvalue weighted by Crippen LogP contribution is 2.10. The Kier molecular flexibility index (Phi) is 11.8. The van der Waals surface area contributed by atoms with E-state index in [-0.39, 0.29) is 31.0 Å². The molecule has 9 heteroatoms. The van der Waals surface area contributed by atoms with Crippen molar-refractivity contribution in [2.75, 3.05) is 13.1 Å². The Bertz CT molecular complexity index is 944. The van der Waals surface area contributed by atoms with Gasteiger partial charge in [0.2, 0.25) is 23.6 Å². The van der Waals surface area contributed by atoms with Crippen LogP contribution in [0.1, 0.15) is 37.8 Å². The van der Waals surface area contributed by atoms with Crippen LogP contribution in [0.5, 0.6) is 5.75 Å². The van der Waals surface area contributed by atoms with Crippen LogP contribution in [-0.2, 0) is 25.6 Å². The van der Waals surface area contributed by atoms with Crippen molar-refractivity contribution >= 4 is 23.6 Å². The van der Waals surface area contributed by atoms with Crippen molar-refractivity contribution < 1.29 is 24.3 Å². The molecule has 0 aromatic heterocycles. The van der Waals surface area contributed by atoms with Crippen molar-refractivity contribution in [2.45, 2.75) is 45.6 Å². The van der Waals surface area contributed by atoms with Crippen LogP contribution in [0, 0.1) is 6.92 Å². The number of benzene rings is 2. The average Bonchev–Trinajstić information content (AvgIpc) is 2.78. The topological polar surface area (TPSA) is 151 Å². The third kappa shape index (κ3) is 12.2. The minimum atomic E-state index is -1.16. The van der Waals surface area contributed by atoms with Crippen LogP contribution in [0.15, 0.2) is 54.6 Å². The molecule has 2 aromatic rings. The van der Waals surface area contributed by atoms with Crippen molar-refractivity contribution in [1.29, 1.82) is 0 Å². The van der Waals surface area contributed by atoms with Gasteiger partial charge in [0.15, 0.2) is 0 Å². The number of nitrogens with two attached hydrogens (primary N) is 1. The summed E-state index contributed by atoms with van der Waals surface area (Å²) >= 11 is 0. The first-order valence-corrected chi connectivity index (χ1v) is 10.9. The number of aryl methyl sites for hydroxylation is 1. The van der Waals surface area contributed by atoms with Gasteiger partial charge in [0.25, 0.3) is 0 Å². The number of carbonyl (C=O) groups is 4. The van der Waals surface area contributed by atoms with Crippen LogP contribution in [0.4, 0.5) is 0 Å². The van der Waals surface area contributed by atoms with Gasteiger partial charge in [0.1, 0.15) is 11.3 Å². The maximum Gasteiger partial charge on any atom is 0.245 e. The smallest absolute Gasteiger partial charge is 0.245 e. The van der Waals surface area contributed by atoms with Gasteiger partial charge in [-0.05, 0) is 44.9 Å². The zero-order valence-electron chi connectivity index (χ0n) is 19.9. The SMILES string of the molecule is CC(C)(NC(=O)CNC(=O)CCC(N)=O)C(=O)NCCc1ccc(O)cc1.Cc1ccccc1. The molecule has 0 unspecified atom stereocenters. The minimum Gasteiger partial charge on any atom is -0.508 e. The van der Waals surface area contributed by atoms with Crippen molar-refractivity contribution in [3.8, 4) is 5.75 Å². The van der Waals surface area contributed by atoms with Gasteiger partial charge < -0.3 is 26.8 Å². The lowest BCUT2D eigenvalue weighted by molar-refractivity contribution is -0.132. The lowest BCUT2D eigenvalue weighted by atomic mass is 10.0. The third-order valence-electron chi connectivity index (χ3n) is 4.64. The van der Waals surface area contributed by atoms with Crippen molar-refractivity contribution in [3.63, 3.8) is 0 Å². The molecule has 0 bridgehead atoms. The first-order valence-electron chi connectivity index (χ1n) is 10.9. The summed E-state index contributed by atoms with van der Waals surface area (Å²) in [5, 5.41) is 16.9. The molecule has 0 saturated carbocycles. The van der Waals surface area contributed by atoms with Crippen molar-refractivity contribution in [2.24, 2.45) is 5.73 Å². The van der Waals surface area contributed by atoms with E-state index in [0.717, 1.165) is 5.56 Å². The molecule has 0 heterocycles. The molecule has 0 aliphatic rings. The van der Waals surface area contributed by atoms with Crippen molar-refractivity contribution in [3.05, 3.63) is 65.7 Å². The van der Waals surface area contributed by atoms with Gasteiger partial charge in [-0.15, -0.1) is 0 Å². The molecular weight excluding hydrogens is 436 g/mol. The Labute approximate surface area is 200 Å². The number of phenols is 1. The second-order valence-corrected chi connectivity index (χ2v) is 8.24. The van der Waals surface area contributed by atoms with E-state index in [0.29, 0.717) is 13.0 Å². The zero-order valence-corrected chi connectivity index (χ0v) is 19.9. The Balaban J connectivity index is 0.000000700. The van der Waals surface area contributed by atoms with E-state index in [9.17, 15) is 24.3 Å². The van der Waals surface area contributed by atoms with Crippen LogP contribution in [0.25, 0.3) is 0 Å². The second-order valence-electron chi connectivity index (χ2n) is 8.24. The number of phenolic OH excluding ortho intramolecular Hbond substituents is 1. The number of hydrogen-bond donors (Lipinski definition) is 5. The normalized spacial score (nSPS) is 10.3. The van der Waals surface area contributed by atoms with Crippen LogP contribution < -0.4 is 21.7 Å². The summed E-state index contributed by atoms with van der Waals surface area (Å²) in [6.07, 6.45) is 0.387. The molecule has 9 nitrogen and oxygen atoms in total. The largest absolute Gasteiger partial charge is 0.508 e. The summed E-state index contributed by atoms with van der Waals surface area (Å²) in [5.41, 5.74) is 6.05. The van der Waals surface area contributed by atoms with E-state index in [2.05, 4.69) is 35.0 Å². The lowest BCUT2D eigenvalue weighted by Crippen LogP contribution is -2.56. The Morgan fingerprint density at radius 1 is 0.882 bits per heavy atom. The third-order valence-corrected chi connectivity index (χ3v) is 4.64. The van der Waals surface area contributed by atoms with E-state index in [1.165, 1.54) is 5.56 Å². The predicted molar refractivity (Wildman–Crippen MR) is 130 cm³/mol. The number of aromatic hydroxyl groups is 1. The molecule has 0 aliphatic carbocycles. The highest BCUT2D eigenvalue weighted by atomic mass is 16.3. The molecule has 0 saturated heterocycles. The summed E-state index contributed by atoms with van der Waals surface area (Å²) in [6.45, 7) is 5.25. The summed E-state index contributed by atoms with van der Waals surface area (Å²) in [5.74, 6) is -1.79. The lowest BCUT2D eigenvalue weighted by Gasteiger charge is -2.25. The van der Waals surface area contributed by atoms with Crippen LogP contribution in [0.2, 0.25) is 0 Å². The number of nitrogens with one attached hydrogen (secondary N) is 3. The quantitative estimate of drug-likeness (QED) is 0.355. The first-order chi connectivity index (χ1) is 16.0. The standard InChI is InChI=1S/C18H26N4O5.C7H8/c1-18(2,22-16(26)11-21-15(25)8-7-14(19)24)17(27)20-10-9-12-3-5-13(23)6-4-12;1-7-5-3-2-4-6-7/h3-6,23H,7-11H2,1-2H3,(H2,19,24)(H,20,27)(H,21,25)(H,22,26);2-6H,1H3. The van der Waals surface area contributed by atoms with E-state index < -0.39 is 23.3 Å². The maximum absolute atomic E-state index is 12.3. The maximum atomic E-state index is 12.3. The number of hydrogen-bond acceptors (Lipinski definition) is 5. The summed E-state index contributed by atoms with van der Waals surface area (Å²) in [6, 6.07) is 16.9. The molecule has 6 N–H and O–H groups in total. The van der Waals surface area contributed by atoms with Gasteiger partial charge in [-0.25, -0.2) is 0 Å².